The SMILES string of the molecule is CCN(Cc1ccccc1)C(=O)C(C)(C)CCN. The average molecular weight is 248 g/mol. The van der Waals surface area contributed by atoms with Crippen molar-refractivity contribution in [1.29, 1.82) is 0 Å². The van der Waals surface area contributed by atoms with Crippen LogP contribution in [0.25, 0.3) is 0 Å². The van der Waals surface area contributed by atoms with E-state index in [-0.39, 0.29) is 11.3 Å². The number of nitrogens with two attached hydrogens (primary N) is 1. The maximum absolute atomic E-state index is 12.5. The molecule has 0 aromatic heterocycles. The zero-order valence-corrected chi connectivity index (χ0v) is 11.6. The van der Waals surface area contributed by atoms with Gasteiger partial charge in [-0.3, -0.25) is 4.79 Å². The van der Waals surface area contributed by atoms with Crippen LogP contribution in [0.1, 0.15) is 32.8 Å². The van der Waals surface area contributed by atoms with E-state index in [1.165, 1.54) is 0 Å². The van der Waals surface area contributed by atoms with Crippen LogP contribution in [0.15, 0.2) is 30.3 Å². The lowest BCUT2D eigenvalue weighted by Crippen LogP contribution is -2.41. The van der Waals surface area contributed by atoms with Crippen LogP contribution in [0.2, 0.25) is 0 Å². The Bertz CT molecular complexity index is 373. The fraction of sp³-hybridized carbons (Fsp3) is 0.533. The molecular formula is C15H24N2O. The summed E-state index contributed by atoms with van der Waals surface area (Å²) in [7, 11) is 0. The van der Waals surface area contributed by atoms with Gasteiger partial charge in [0, 0.05) is 18.5 Å². The molecule has 3 nitrogen and oxygen atoms in total. The molecule has 0 aliphatic carbocycles. The van der Waals surface area contributed by atoms with Crippen molar-refractivity contribution >= 4 is 5.91 Å². The van der Waals surface area contributed by atoms with Gasteiger partial charge in [0.15, 0.2) is 0 Å². The van der Waals surface area contributed by atoms with E-state index in [1.54, 1.807) is 0 Å². The molecular weight excluding hydrogens is 224 g/mol. The van der Waals surface area contributed by atoms with Gasteiger partial charge in [-0.25, -0.2) is 0 Å². The second-order valence-electron chi connectivity index (χ2n) is 5.23. The molecule has 0 heterocycles. The lowest BCUT2D eigenvalue weighted by molar-refractivity contribution is -0.141. The van der Waals surface area contributed by atoms with E-state index in [4.69, 9.17) is 5.73 Å². The van der Waals surface area contributed by atoms with Gasteiger partial charge in [-0.05, 0) is 25.5 Å². The molecule has 100 valence electrons. The second-order valence-corrected chi connectivity index (χ2v) is 5.23. The zero-order chi connectivity index (χ0) is 13.6. The molecule has 0 bridgehead atoms. The molecule has 3 heteroatoms. The van der Waals surface area contributed by atoms with Gasteiger partial charge in [-0.15, -0.1) is 0 Å². The fourth-order valence-corrected chi connectivity index (χ4v) is 2.03. The molecule has 18 heavy (non-hydrogen) atoms. The number of rotatable bonds is 6. The molecule has 1 rings (SSSR count). The number of nitrogens with zero attached hydrogens (tertiary/aromatic N) is 1. The van der Waals surface area contributed by atoms with E-state index in [9.17, 15) is 4.79 Å². The molecule has 0 atom stereocenters. The Morgan fingerprint density at radius 3 is 2.39 bits per heavy atom. The van der Waals surface area contributed by atoms with Gasteiger partial charge in [0.25, 0.3) is 0 Å². The van der Waals surface area contributed by atoms with Crippen molar-refractivity contribution in [3.63, 3.8) is 0 Å². The Balaban J connectivity index is 2.75. The average Bonchev–Trinajstić information content (AvgIpc) is 2.36. The molecule has 0 saturated heterocycles. The van der Waals surface area contributed by atoms with Crippen LogP contribution in [-0.4, -0.2) is 23.9 Å². The molecule has 1 aromatic carbocycles. The zero-order valence-electron chi connectivity index (χ0n) is 11.6. The Morgan fingerprint density at radius 2 is 1.89 bits per heavy atom. The fourth-order valence-electron chi connectivity index (χ4n) is 2.03. The van der Waals surface area contributed by atoms with Crippen molar-refractivity contribution in [3.8, 4) is 0 Å². The van der Waals surface area contributed by atoms with Gasteiger partial charge >= 0.3 is 0 Å². The summed E-state index contributed by atoms with van der Waals surface area (Å²) < 4.78 is 0. The van der Waals surface area contributed by atoms with Crippen molar-refractivity contribution in [2.45, 2.75) is 33.7 Å². The highest BCUT2D eigenvalue weighted by molar-refractivity contribution is 5.81. The maximum Gasteiger partial charge on any atom is 0.228 e. The summed E-state index contributed by atoms with van der Waals surface area (Å²) in [6, 6.07) is 10.1. The van der Waals surface area contributed by atoms with Crippen LogP contribution in [0.5, 0.6) is 0 Å². The number of benzene rings is 1. The van der Waals surface area contributed by atoms with Crippen molar-refractivity contribution in [2.75, 3.05) is 13.1 Å². The van der Waals surface area contributed by atoms with Crippen LogP contribution < -0.4 is 5.73 Å². The molecule has 0 aliphatic heterocycles. The number of amides is 1. The summed E-state index contributed by atoms with van der Waals surface area (Å²) in [6.45, 7) is 7.89. The van der Waals surface area contributed by atoms with Crippen LogP contribution >= 0.6 is 0 Å². The van der Waals surface area contributed by atoms with E-state index < -0.39 is 0 Å². The van der Waals surface area contributed by atoms with Crippen LogP contribution in [0, 0.1) is 5.41 Å². The Hall–Kier alpha value is -1.35. The molecule has 0 unspecified atom stereocenters. The van der Waals surface area contributed by atoms with Gasteiger partial charge in [0.1, 0.15) is 0 Å². The van der Waals surface area contributed by atoms with Crippen LogP contribution in [-0.2, 0) is 11.3 Å². The Morgan fingerprint density at radius 1 is 1.28 bits per heavy atom. The minimum Gasteiger partial charge on any atom is -0.338 e. The molecule has 0 radical (unpaired) electrons. The first-order valence-electron chi connectivity index (χ1n) is 6.54. The molecule has 1 aromatic rings. The third-order valence-electron chi connectivity index (χ3n) is 3.23. The van der Waals surface area contributed by atoms with Gasteiger partial charge in [0.05, 0.1) is 0 Å². The van der Waals surface area contributed by atoms with Gasteiger partial charge in [0.2, 0.25) is 5.91 Å². The lowest BCUT2D eigenvalue weighted by Gasteiger charge is -2.31. The third kappa shape index (κ3) is 3.84. The molecule has 2 N–H and O–H groups in total. The Kier molecular flexibility index (Phi) is 5.35. The van der Waals surface area contributed by atoms with Gasteiger partial charge < -0.3 is 10.6 Å². The monoisotopic (exact) mass is 248 g/mol. The van der Waals surface area contributed by atoms with E-state index in [2.05, 4.69) is 0 Å². The molecule has 1 amide bonds. The molecule has 0 saturated carbocycles. The Labute approximate surface area is 110 Å². The van der Waals surface area contributed by atoms with Crippen LogP contribution in [0.4, 0.5) is 0 Å². The predicted octanol–water partition coefficient (Wildman–Crippen LogP) is 2.41. The summed E-state index contributed by atoms with van der Waals surface area (Å²) in [4.78, 5) is 14.4. The normalized spacial score (nSPS) is 11.3. The van der Waals surface area contributed by atoms with Crippen molar-refractivity contribution < 1.29 is 4.79 Å². The van der Waals surface area contributed by atoms with E-state index in [0.717, 1.165) is 18.5 Å². The summed E-state index contributed by atoms with van der Waals surface area (Å²) in [5, 5.41) is 0. The highest BCUT2D eigenvalue weighted by Gasteiger charge is 2.30. The minimum absolute atomic E-state index is 0.180. The minimum atomic E-state index is -0.375. The quantitative estimate of drug-likeness (QED) is 0.840. The van der Waals surface area contributed by atoms with E-state index >= 15 is 0 Å². The lowest BCUT2D eigenvalue weighted by atomic mass is 9.87. The molecule has 0 fully saturated rings. The molecule has 0 aliphatic rings. The standard InChI is InChI=1S/C15H24N2O/c1-4-17(12-13-8-6-5-7-9-13)14(18)15(2,3)10-11-16/h5-9H,4,10-12,16H2,1-3H3. The number of hydrogen-bond acceptors (Lipinski definition) is 2. The predicted molar refractivity (Wildman–Crippen MR) is 75.0 cm³/mol. The summed E-state index contributed by atoms with van der Waals surface area (Å²) in [6.07, 6.45) is 0.719. The second kappa shape index (κ2) is 6.55. The van der Waals surface area contributed by atoms with Gasteiger partial charge in [-0.1, -0.05) is 44.2 Å². The number of hydrogen-bond donors (Lipinski definition) is 1. The number of carbonyl (C=O) groups excluding carboxylic acids is 1. The first-order chi connectivity index (χ1) is 8.51. The molecule has 0 spiro atoms. The highest BCUT2D eigenvalue weighted by Crippen LogP contribution is 2.23. The first-order valence-corrected chi connectivity index (χ1v) is 6.54. The highest BCUT2D eigenvalue weighted by atomic mass is 16.2. The van der Waals surface area contributed by atoms with Crippen molar-refractivity contribution in [1.82, 2.24) is 4.90 Å². The largest absolute Gasteiger partial charge is 0.338 e. The van der Waals surface area contributed by atoms with Crippen molar-refractivity contribution in [3.05, 3.63) is 35.9 Å². The number of carbonyl (C=O) groups is 1. The third-order valence-corrected chi connectivity index (χ3v) is 3.23. The van der Waals surface area contributed by atoms with Crippen molar-refractivity contribution in [2.24, 2.45) is 11.1 Å². The first kappa shape index (κ1) is 14.7. The topological polar surface area (TPSA) is 46.3 Å². The van der Waals surface area contributed by atoms with Crippen LogP contribution in [0.3, 0.4) is 0 Å². The smallest absolute Gasteiger partial charge is 0.228 e. The van der Waals surface area contributed by atoms with E-state index in [0.29, 0.717) is 13.1 Å². The summed E-state index contributed by atoms with van der Waals surface area (Å²) >= 11 is 0. The van der Waals surface area contributed by atoms with E-state index in [1.807, 2.05) is 56.0 Å². The van der Waals surface area contributed by atoms with Gasteiger partial charge in [-0.2, -0.15) is 0 Å². The summed E-state index contributed by atoms with van der Waals surface area (Å²) in [5.74, 6) is 0.180. The summed E-state index contributed by atoms with van der Waals surface area (Å²) in [5.41, 5.74) is 6.36. The maximum atomic E-state index is 12.5.